The third-order valence-corrected chi connectivity index (χ3v) is 4.23. The molecular weight excluding hydrogens is 266 g/mol. The summed E-state index contributed by atoms with van der Waals surface area (Å²) in [5.74, 6) is 2.35. The number of para-hydroxylation sites is 1. The first-order valence-corrected chi connectivity index (χ1v) is 7.49. The van der Waals surface area contributed by atoms with Gasteiger partial charge in [0.1, 0.15) is 10.8 Å². The minimum absolute atomic E-state index is 0.393. The van der Waals surface area contributed by atoms with Gasteiger partial charge < -0.3 is 11.1 Å². The molecule has 1 aromatic heterocycles. The van der Waals surface area contributed by atoms with Gasteiger partial charge in [0, 0.05) is 11.9 Å². The van der Waals surface area contributed by atoms with Crippen molar-refractivity contribution in [2.45, 2.75) is 19.8 Å². The van der Waals surface area contributed by atoms with E-state index in [1.807, 2.05) is 30.3 Å². The molecule has 1 atom stereocenters. The Kier molecular flexibility index (Phi) is 3.57. The summed E-state index contributed by atoms with van der Waals surface area (Å²) >= 11 is 5.15. The molecule has 1 fully saturated rings. The molecule has 1 saturated carbocycles. The Morgan fingerprint density at radius 1 is 1.45 bits per heavy atom. The lowest BCUT2D eigenvalue weighted by molar-refractivity contribution is 0.536. The van der Waals surface area contributed by atoms with E-state index in [0.717, 1.165) is 34.7 Å². The lowest BCUT2D eigenvalue weighted by atomic mass is 10.1. The van der Waals surface area contributed by atoms with E-state index in [0.29, 0.717) is 10.9 Å². The van der Waals surface area contributed by atoms with E-state index in [2.05, 4.69) is 17.2 Å². The second-order valence-corrected chi connectivity index (χ2v) is 6.08. The summed E-state index contributed by atoms with van der Waals surface area (Å²) in [6.45, 7) is 3.21. The van der Waals surface area contributed by atoms with Crippen molar-refractivity contribution in [3.8, 4) is 0 Å². The van der Waals surface area contributed by atoms with Gasteiger partial charge in [-0.2, -0.15) is 0 Å². The van der Waals surface area contributed by atoms with Crippen LogP contribution in [0.25, 0.3) is 10.9 Å². The van der Waals surface area contributed by atoms with Crippen LogP contribution in [0.1, 0.15) is 25.3 Å². The zero-order valence-electron chi connectivity index (χ0n) is 11.6. The average Bonchev–Trinajstić information content (AvgIpc) is 3.28. The lowest BCUT2D eigenvalue weighted by Gasteiger charge is -2.15. The normalized spacial score (nSPS) is 16.1. The number of nitrogens with zero attached hydrogens (tertiary/aromatic N) is 1. The highest BCUT2D eigenvalue weighted by Gasteiger charge is 2.27. The van der Waals surface area contributed by atoms with Crippen LogP contribution in [0.2, 0.25) is 0 Å². The molecule has 1 unspecified atom stereocenters. The quantitative estimate of drug-likeness (QED) is 0.827. The Hall–Kier alpha value is -1.68. The standard InChI is InChI=1S/C16H19N3S/c1-10(11-6-7-11)9-18-16-13(15(17)20)8-12-4-2-3-5-14(12)19-16/h2-5,8,10-11H,6-7,9H2,1H3,(H2,17,20)(H,18,19). The Balaban J connectivity index is 1.90. The van der Waals surface area contributed by atoms with Gasteiger partial charge in [0.05, 0.1) is 11.1 Å². The van der Waals surface area contributed by atoms with E-state index in [1.54, 1.807) is 0 Å². The van der Waals surface area contributed by atoms with E-state index in [1.165, 1.54) is 12.8 Å². The lowest BCUT2D eigenvalue weighted by Crippen LogP contribution is -2.18. The smallest absolute Gasteiger partial charge is 0.136 e. The van der Waals surface area contributed by atoms with Gasteiger partial charge in [-0.25, -0.2) is 4.98 Å². The second-order valence-electron chi connectivity index (χ2n) is 5.64. The minimum Gasteiger partial charge on any atom is -0.389 e. The van der Waals surface area contributed by atoms with Gasteiger partial charge in [0.2, 0.25) is 0 Å². The number of nitrogens with two attached hydrogens (primary N) is 1. The molecule has 0 bridgehead atoms. The highest BCUT2D eigenvalue weighted by atomic mass is 32.1. The van der Waals surface area contributed by atoms with Gasteiger partial charge in [-0.3, -0.25) is 0 Å². The molecule has 1 aliphatic rings. The summed E-state index contributed by atoms with van der Waals surface area (Å²) in [6, 6.07) is 10.0. The summed E-state index contributed by atoms with van der Waals surface area (Å²) in [7, 11) is 0. The van der Waals surface area contributed by atoms with Gasteiger partial charge in [-0.1, -0.05) is 37.3 Å². The average molecular weight is 285 g/mol. The number of hydrogen-bond donors (Lipinski definition) is 2. The van der Waals surface area contributed by atoms with Crippen LogP contribution in [-0.2, 0) is 0 Å². The fourth-order valence-corrected chi connectivity index (χ4v) is 2.68. The summed E-state index contributed by atoms with van der Waals surface area (Å²) in [4.78, 5) is 5.06. The molecular formula is C16H19N3S. The molecule has 3 nitrogen and oxygen atoms in total. The maximum atomic E-state index is 5.84. The molecule has 1 heterocycles. The maximum absolute atomic E-state index is 5.84. The Morgan fingerprint density at radius 2 is 2.20 bits per heavy atom. The number of hydrogen-bond acceptors (Lipinski definition) is 3. The highest BCUT2D eigenvalue weighted by Crippen LogP contribution is 2.36. The van der Waals surface area contributed by atoms with Gasteiger partial charge in [-0.05, 0) is 36.8 Å². The van der Waals surface area contributed by atoms with Gasteiger partial charge in [-0.15, -0.1) is 0 Å². The van der Waals surface area contributed by atoms with Crippen LogP contribution < -0.4 is 11.1 Å². The Labute approximate surface area is 124 Å². The van der Waals surface area contributed by atoms with Crippen molar-refractivity contribution in [2.24, 2.45) is 17.6 Å². The molecule has 4 heteroatoms. The predicted molar refractivity (Wildman–Crippen MR) is 88.0 cm³/mol. The minimum atomic E-state index is 0.393. The van der Waals surface area contributed by atoms with Gasteiger partial charge in [0.15, 0.2) is 0 Å². The molecule has 3 rings (SSSR count). The SMILES string of the molecule is CC(CNc1nc2ccccc2cc1C(N)=S)C1CC1. The van der Waals surface area contributed by atoms with E-state index >= 15 is 0 Å². The Bertz CT molecular complexity index is 649. The number of pyridine rings is 1. The van der Waals surface area contributed by atoms with Crippen molar-refractivity contribution in [2.75, 3.05) is 11.9 Å². The molecule has 0 spiro atoms. The first-order valence-electron chi connectivity index (χ1n) is 7.08. The fourth-order valence-electron chi connectivity index (χ4n) is 2.53. The van der Waals surface area contributed by atoms with Crippen molar-refractivity contribution >= 4 is 33.9 Å². The predicted octanol–water partition coefficient (Wildman–Crippen LogP) is 3.33. The molecule has 0 saturated heterocycles. The zero-order valence-corrected chi connectivity index (χ0v) is 12.4. The van der Waals surface area contributed by atoms with E-state index in [9.17, 15) is 0 Å². The molecule has 1 aliphatic carbocycles. The van der Waals surface area contributed by atoms with Crippen LogP contribution in [0, 0.1) is 11.8 Å². The van der Waals surface area contributed by atoms with E-state index in [-0.39, 0.29) is 0 Å². The molecule has 0 amide bonds. The number of fused-ring (bicyclic) bond motifs is 1. The van der Waals surface area contributed by atoms with Crippen LogP contribution in [0.15, 0.2) is 30.3 Å². The first-order chi connectivity index (χ1) is 9.65. The third kappa shape index (κ3) is 2.75. The van der Waals surface area contributed by atoms with Crippen LogP contribution in [-0.4, -0.2) is 16.5 Å². The summed E-state index contributed by atoms with van der Waals surface area (Å²) < 4.78 is 0. The highest BCUT2D eigenvalue weighted by molar-refractivity contribution is 7.80. The van der Waals surface area contributed by atoms with Crippen molar-refractivity contribution in [3.05, 3.63) is 35.9 Å². The van der Waals surface area contributed by atoms with Crippen LogP contribution in [0.5, 0.6) is 0 Å². The number of aromatic nitrogens is 1. The zero-order chi connectivity index (χ0) is 14.1. The van der Waals surface area contributed by atoms with Crippen molar-refractivity contribution in [1.82, 2.24) is 4.98 Å². The van der Waals surface area contributed by atoms with Crippen molar-refractivity contribution < 1.29 is 0 Å². The largest absolute Gasteiger partial charge is 0.389 e. The summed E-state index contributed by atoms with van der Waals surface area (Å²) in [6.07, 6.45) is 2.71. The summed E-state index contributed by atoms with van der Waals surface area (Å²) in [5.41, 5.74) is 7.64. The number of thiocarbonyl (C=S) groups is 1. The van der Waals surface area contributed by atoms with Crippen molar-refractivity contribution in [1.29, 1.82) is 0 Å². The van der Waals surface area contributed by atoms with Gasteiger partial charge >= 0.3 is 0 Å². The van der Waals surface area contributed by atoms with E-state index < -0.39 is 0 Å². The molecule has 20 heavy (non-hydrogen) atoms. The molecule has 104 valence electrons. The molecule has 2 aromatic rings. The molecule has 0 aliphatic heterocycles. The molecule has 3 N–H and O–H groups in total. The maximum Gasteiger partial charge on any atom is 0.136 e. The van der Waals surface area contributed by atoms with Crippen LogP contribution in [0.4, 0.5) is 5.82 Å². The van der Waals surface area contributed by atoms with Crippen molar-refractivity contribution in [3.63, 3.8) is 0 Å². The number of benzene rings is 1. The van der Waals surface area contributed by atoms with Crippen LogP contribution in [0.3, 0.4) is 0 Å². The second kappa shape index (κ2) is 5.37. The monoisotopic (exact) mass is 285 g/mol. The topological polar surface area (TPSA) is 50.9 Å². The Morgan fingerprint density at radius 3 is 2.90 bits per heavy atom. The van der Waals surface area contributed by atoms with Crippen LogP contribution >= 0.6 is 12.2 Å². The molecule has 1 aromatic carbocycles. The molecule has 0 radical (unpaired) electrons. The first kappa shape index (κ1) is 13.3. The van der Waals surface area contributed by atoms with E-state index in [4.69, 9.17) is 18.0 Å². The van der Waals surface area contributed by atoms with Gasteiger partial charge in [0.25, 0.3) is 0 Å². The third-order valence-electron chi connectivity index (χ3n) is 4.01. The number of nitrogens with one attached hydrogen (secondary N) is 1. The summed E-state index contributed by atoms with van der Waals surface area (Å²) in [5, 5.41) is 4.50. The number of anilines is 1. The fraction of sp³-hybridized carbons (Fsp3) is 0.375. The number of rotatable bonds is 5.